The Morgan fingerprint density at radius 3 is 3.18 bits per heavy atom. The van der Waals surface area contributed by atoms with E-state index in [1.165, 1.54) is 24.2 Å². The highest BCUT2D eigenvalue weighted by molar-refractivity contribution is 7.10. The highest BCUT2D eigenvalue weighted by Crippen LogP contribution is 2.26. The normalized spacial score (nSPS) is 15.9. The smallest absolute Gasteiger partial charge is 0.155 e. The standard InChI is InChI=1S/C7H7N3S/c8-3-6-7(9-4-11-6)10-5-1-2-5/h4-5,10H,1-2H2. The number of hydrogen-bond donors (Lipinski definition) is 1. The Balaban J connectivity index is 2.15. The Morgan fingerprint density at radius 1 is 1.73 bits per heavy atom. The van der Waals surface area contributed by atoms with Crippen molar-refractivity contribution in [3.8, 4) is 6.07 Å². The van der Waals surface area contributed by atoms with Crippen LogP contribution in [0.5, 0.6) is 0 Å². The first-order valence-electron chi connectivity index (χ1n) is 3.50. The number of anilines is 1. The zero-order valence-corrected chi connectivity index (χ0v) is 6.69. The van der Waals surface area contributed by atoms with Crippen molar-refractivity contribution in [2.75, 3.05) is 5.32 Å². The second-order valence-electron chi connectivity index (χ2n) is 2.56. The van der Waals surface area contributed by atoms with Crippen molar-refractivity contribution in [3.05, 3.63) is 10.4 Å². The van der Waals surface area contributed by atoms with Crippen molar-refractivity contribution in [2.45, 2.75) is 18.9 Å². The molecule has 56 valence electrons. The number of nitriles is 1. The first kappa shape index (κ1) is 6.62. The summed E-state index contributed by atoms with van der Waals surface area (Å²) < 4.78 is 0. The van der Waals surface area contributed by atoms with Crippen LogP contribution in [0, 0.1) is 11.3 Å². The van der Waals surface area contributed by atoms with E-state index in [0.29, 0.717) is 10.9 Å². The van der Waals surface area contributed by atoms with E-state index in [1.807, 2.05) is 0 Å². The molecule has 1 heterocycles. The summed E-state index contributed by atoms with van der Waals surface area (Å²) in [4.78, 5) is 4.74. The predicted octanol–water partition coefficient (Wildman–Crippen LogP) is 1.59. The molecule has 1 aliphatic rings. The lowest BCUT2D eigenvalue weighted by molar-refractivity contribution is 1.12. The van der Waals surface area contributed by atoms with Gasteiger partial charge in [-0.1, -0.05) is 0 Å². The molecule has 0 amide bonds. The SMILES string of the molecule is N#Cc1scnc1NC1CC1. The molecule has 0 radical (unpaired) electrons. The van der Waals surface area contributed by atoms with Crippen molar-refractivity contribution >= 4 is 17.2 Å². The summed E-state index contributed by atoms with van der Waals surface area (Å²) in [7, 11) is 0. The average Bonchev–Trinajstić information content (AvgIpc) is 2.68. The molecule has 1 aliphatic carbocycles. The first-order chi connectivity index (χ1) is 5.40. The third-order valence-corrected chi connectivity index (χ3v) is 2.32. The van der Waals surface area contributed by atoms with Crippen molar-refractivity contribution in [3.63, 3.8) is 0 Å². The van der Waals surface area contributed by atoms with E-state index in [4.69, 9.17) is 5.26 Å². The second kappa shape index (κ2) is 2.51. The molecule has 1 aromatic rings. The zero-order chi connectivity index (χ0) is 7.68. The molecule has 0 aromatic carbocycles. The molecule has 11 heavy (non-hydrogen) atoms. The number of hydrogen-bond acceptors (Lipinski definition) is 4. The molecule has 0 bridgehead atoms. The van der Waals surface area contributed by atoms with Gasteiger partial charge in [-0.3, -0.25) is 0 Å². The lowest BCUT2D eigenvalue weighted by Crippen LogP contribution is -2.01. The molecule has 2 rings (SSSR count). The molecule has 1 saturated carbocycles. The van der Waals surface area contributed by atoms with Gasteiger partial charge >= 0.3 is 0 Å². The van der Waals surface area contributed by atoms with E-state index in [0.717, 1.165) is 5.82 Å². The predicted molar refractivity (Wildman–Crippen MR) is 43.5 cm³/mol. The Labute approximate surface area is 68.7 Å². The maximum atomic E-state index is 8.62. The fraction of sp³-hybridized carbons (Fsp3) is 0.429. The topological polar surface area (TPSA) is 48.7 Å². The van der Waals surface area contributed by atoms with Gasteiger partial charge in [0.1, 0.15) is 10.9 Å². The van der Waals surface area contributed by atoms with Crippen LogP contribution in [0.25, 0.3) is 0 Å². The van der Waals surface area contributed by atoms with E-state index in [1.54, 1.807) is 5.51 Å². The molecule has 0 saturated heterocycles. The van der Waals surface area contributed by atoms with E-state index < -0.39 is 0 Å². The summed E-state index contributed by atoms with van der Waals surface area (Å²) in [6.45, 7) is 0. The van der Waals surface area contributed by atoms with Crippen LogP contribution in [0.15, 0.2) is 5.51 Å². The van der Waals surface area contributed by atoms with Gasteiger partial charge in [0, 0.05) is 6.04 Å². The third kappa shape index (κ3) is 1.33. The van der Waals surface area contributed by atoms with Crippen LogP contribution in [0.1, 0.15) is 17.7 Å². The minimum Gasteiger partial charge on any atom is -0.366 e. The van der Waals surface area contributed by atoms with Crippen LogP contribution in [0.2, 0.25) is 0 Å². The van der Waals surface area contributed by atoms with E-state index in [-0.39, 0.29) is 0 Å². The Morgan fingerprint density at radius 2 is 2.55 bits per heavy atom. The quantitative estimate of drug-likeness (QED) is 0.724. The third-order valence-electron chi connectivity index (χ3n) is 1.59. The van der Waals surface area contributed by atoms with Gasteiger partial charge in [-0.15, -0.1) is 11.3 Å². The van der Waals surface area contributed by atoms with E-state index >= 15 is 0 Å². The number of rotatable bonds is 2. The maximum Gasteiger partial charge on any atom is 0.155 e. The first-order valence-corrected chi connectivity index (χ1v) is 4.38. The van der Waals surface area contributed by atoms with Gasteiger partial charge in [0.25, 0.3) is 0 Å². The number of thiazole rings is 1. The number of nitrogens with zero attached hydrogens (tertiary/aromatic N) is 2. The van der Waals surface area contributed by atoms with E-state index in [9.17, 15) is 0 Å². The maximum absolute atomic E-state index is 8.62. The summed E-state index contributed by atoms with van der Waals surface area (Å²) in [6, 6.07) is 2.68. The lowest BCUT2D eigenvalue weighted by atomic mass is 10.5. The van der Waals surface area contributed by atoms with Gasteiger partial charge in [-0.05, 0) is 12.8 Å². The van der Waals surface area contributed by atoms with Crippen LogP contribution >= 0.6 is 11.3 Å². The highest BCUT2D eigenvalue weighted by atomic mass is 32.1. The molecule has 1 fully saturated rings. The summed E-state index contributed by atoms with van der Waals surface area (Å²) in [5.74, 6) is 0.764. The van der Waals surface area contributed by atoms with Gasteiger partial charge in [-0.2, -0.15) is 5.26 Å². The van der Waals surface area contributed by atoms with Crippen LogP contribution in [-0.2, 0) is 0 Å². The lowest BCUT2D eigenvalue weighted by Gasteiger charge is -1.97. The van der Waals surface area contributed by atoms with Crippen LogP contribution in [-0.4, -0.2) is 11.0 Å². The van der Waals surface area contributed by atoms with Crippen LogP contribution in [0.3, 0.4) is 0 Å². The summed E-state index contributed by atoms with van der Waals surface area (Å²) in [6.07, 6.45) is 2.42. The Hall–Kier alpha value is -1.08. The molecule has 1 N–H and O–H groups in total. The molecule has 0 atom stereocenters. The summed E-state index contributed by atoms with van der Waals surface area (Å²) in [5.41, 5.74) is 1.70. The zero-order valence-electron chi connectivity index (χ0n) is 5.87. The van der Waals surface area contributed by atoms with Crippen molar-refractivity contribution in [2.24, 2.45) is 0 Å². The molecule has 0 unspecified atom stereocenters. The van der Waals surface area contributed by atoms with Gasteiger partial charge in [-0.25, -0.2) is 4.98 Å². The molecule has 3 nitrogen and oxygen atoms in total. The van der Waals surface area contributed by atoms with Crippen LogP contribution < -0.4 is 5.32 Å². The molecule has 1 aromatic heterocycles. The largest absolute Gasteiger partial charge is 0.366 e. The van der Waals surface area contributed by atoms with E-state index in [2.05, 4.69) is 16.4 Å². The number of nitrogens with one attached hydrogen (secondary N) is 1. The molecular weight excluding hydrogens is 158 g/mol. The highest BCUT2D eigenvalue weighted by Gasteiger charge is 2.22. The molecular formula is C7H7N3S. The van der Waals surface area contributed by atoms with Crippen molar-refractivity contribution in [1.29, 1.82) is 5.26 Å². The minimum atomic E-state index is 0.573. The molecule has 0 aliphatic heterocycles. The molecule has 4 heteroatoms. The van der Waals surface area contributed by atoms with Crippen molar-refractivity contribution in [1.82, 2.24) is 4.98 Å². The van der Waals surface area contributed by atoms with Crippen molar-refractivity contribution < 1.29 is 0 Å². The number of aromatic nitrogens is 1. The van der Waals surface area contributed by atoms with Gasteiger partial charge in [0.2, 0.25) is 0 Å². The summed E-state index contributed by atoms with van der Waals surface area (Å²) >= 11 is 1.38. The van der Waals surface area contributed by atoms with Crippen LogP contribution in [0.4, 0.5) is 5.82 Å². The molecule has 0 spiro atoms. The van der Waals surface area contributed by atoms with Gasteiger partial charge in [0.05, 0.1) is 5.51 Å². The Kier molecular flexibility index (Phi) is 1.51. The van der Waals surface area contributed by atoms with Gasteiger partial charge in [0.15, 0.2) is 5.82 Å². The monoisotopic (exact) mass is 165 g/mol. The average molecular weight is 165 g/mol. The Bertz CT molecular complexity index is 295. The summed E-state index contributed by atoms with van der Waals surface area (Å²) in [5, 5.41) is 11.8. The second-order valence-corrected chi connectivity index (χ2v) is 3.42. The van der Waals surface area contributed by atoms with Gasteiger partial charge < -0.3 is 5.32 Å². The minimum absolute atomic E-state index is 0.573. The fourth-order valence-electron chi connectivity index (χ4n) is 0.849. The fourth-order valence-corrected chi connectivity index (χ4v) is 1.39.